The summed E-state index contributed by atoms with van der Waals surface area (Å²) in [6.45, 7) is 0.975. The summed E-state index contributed by atoms with van der Waals surface area (Å²) in [4.78, 5) is 10.7. The van der Waals surface area contributed by atoms with Gasteiger partial charge in [-0.3, -0.25) is 4.79 Å². The van der Waals surface area contributed by atoms with Gasteiger partial charge in [0.2, 0.25) is 0 Å². The quantitative estimate of drug-likeness (QED) is 0.692. The molecule has 0 aliphatic carbocycles. The third-order valence-corrected chi connectivity index (χ3v) is 1.67. The van der Waals surface area contributed by atoms with Crippen molar-refractivity contribution in [2.45, 2.75) is 25.6 Å². The highest BCUT2D eigenvalue weighted by Crippen LogP contribution is 2.28. The van der Waals surface area contributed by atoms with Crippen LogP contribution in [-0.4, -0.2) is 25.3 Å². The smallest absolute Gasteiger partial charge is 0.391 e. The number of carbonyl (C=O) groups is 1. The first-order valence-corrected chi connectivity index (χ1v) is 3.69. The normalized spacial score (nSPS) is 16.5. The monoisotopic (exact) mass is 199 g/mol. The molecule has 0 amide bonds. The summed E-state index contributed by atoms with van der Waals surface area (Å²) in [6.07, 6.45) is -4.76. The van der Waals surface area contributed by atoms with Gasteiger partial charge in [0.05, 0.1) is 13.0 Å². The van der Waals surface area contributed by atoms with E-state index in [9.17, 15) is 18.0 Å². The Morgan fingerprint density at radius 2 is 2.00 bits per heavy atom. The van der Waals surface area contributed by atoms with Crippen LogP contribution in [0.3, 0.4) is 0 Å². The number of hydrogen-bond acceptors (Lipinski definition) is 3. The van der Waals surface area contributed by atoms with Crippen LogP contribution in [-0.2, 0) is 9.53 Å². The maximum absolute atomic E-state index is 12.0. The topological polar surface area (TPSA) is 52.3 Å². The largest absolute Gasteiger partial charge is 0.468 e. The van der Waals surface area contributed by atoms with E-state index in [4.69, 9.17) is 5.73 Å². The van der Waals surface area contributed by atoms with E-state index < -0.39 is 30.5 Å². The number of esters is 1. The number of hydrogen-bond donors (Lipinski definition) is 1. The van der Waals surface area contributed by atoms with Crippen molar-refractivity contribution in [1.29, 1.82) is 0 Å². The minimum absolute atomic E-state index is 0.448. The van der Waals surface area contributed by atoms with Gasteiger partial charge in [0.25, 0.3) is 0 Å². The molecule has 6 heteroatoms. The summed E-state index contributed by atoms with van der Waals surface area (Å²) in [6, 6.07) is -1.21. The highest BCUT2D eigenvalue weighted by atomic mass is 19.4. The second-order valence-electron chi connectivity index (χ2n) is 2.81. The van der Waals surface area contributed by atoms with Crippen molar-refractivity contribution < 1.29 is 22.7 Å². The third kappa shape index (κ3) is 4.12. The van der Waals surface area contributed by atoms with Gasteiger partial charge in [-0.15, -0.1) is 0 Å². The fourth-order valence-corrected chi connectivity index (χ4v) is 0.762. The van der Waals surface area contributed by atoms with Crippen LogP contribution < -0.4 is 5.73 Å². The van der Waals surface area contributed by atoms with E-state index in [0.717, 1.165) is 14.0 Å². The van der Waals surface area contributed by atoms with Gasteiger partial charge in [-0.2, -0.15) is 13.2 Å². The molecule has 0 radical (unpaired) electrons. The fourth-order valence-electron chi connectivity index (χ4n) is 0.762. The summed E-state index contributed by atoms with van der Waals surface area (Å²) >= 11 is 0. The minimum atomic E-state index is -4.31. The van der Waals surface area contributed by atoms with Gasteiger partial charge in [0.1, 0.15) is 6.04 Å². The first-order chi connectivity index (χ1) is 5.79. The van der Waals surface area contributed by atoms with Crippen molar-refractivity contribution >= 4 is 5.97 Å². The molecule has 0 aliphatic rings. The number of halogens is 3. The van der Waals surface area contributed by atoms with Gasteiger partial charge in [-0.05, 0) is 6.42 Å². The standard InChI is InChI=1S/C7H12F3NO2/c1-4(7(8,9)10)3-5(11)6(12)13-2/h4-5H,3,11H2,1-2H3/t4?,5-/m0/s1. The van der Waals surface area contributed by atoms with Crippen LogP contribution in [0.15, 0.2) is 0 Å². The van der Waals surface area contributed by atoms with Gasteiger partial charge in [-0.25, -0.2) is 0 Å². The Balaban J connectivity index is 4.06. The molecule has 0 aromatic carbocycles. The van der Waals surface area contributed by atoms with Gasteiger partial charge < -0.3 is 10.5 Å². The lowest BCUT2D eigenvalue weighted by Crippen LogP contribution is -2.36. The molecule has 78 valence electrons. The van der Waals surface area contributed by atoms with E-state index in [1.54, 1.807) is 0 Å². The van der Waals surface area contributed by atoms with Crippen molar-refractivity contribution in [3.8, 4) is 0 Å². The molecule has 2 N–H and O–H groups in total. The van der Waals surface area contributed by atoms with Gasteiger partial charge in [0, 0.05) is 0 Å². The van der Waals surface area contributed by atoms with Gasteiger partial charge in [0.15, 0.2) is 0 Å². The fraction of sp³-hybridized carbons (Fsp3) is 0.857. The first-order valence-electron chi connectivity index (χ1n) is 3.69. The Hall–Kier alpha value is -0.780. The molecule has 0 aliphatic heterocycles. The van der Waals surface area contributed by atoms with Crippen molar-refractivity contribution in [3.63, 3.8) is 0 Å². The van der Waals surface area contributed by atoms with E-state index in [1.807, 2.05) is 0 Å². The molecule has 13 heavy (non-hydrogen) atoms. The Kier molecular flexibility index (Phi) is 4.19. The lowest BCUT2D eigenvalue weighted by atomic mass is 10.0. The molecule has 3 nitrogen and oxygen atoms in total. The molecule has 0 rings (SSSR count). The van der Waals surface area contributed by atoms with Crippen LogP contribution in [0.2, 0.25) is 0 Å². The zero-order chi connectivity index (χ0) is 10.6. The van der Waals surface area contributed by atoms with Crippen LogP contribution in [0.25, 0.3) is 0 Å². The molecule has 0 aromatic rings. The molecule has 1 unspecified atom stereocenters. The highest BCUT2D eigenvalue weighted by molar-refractivity contribution is 5.75. The van der Waals surface area contributed by atoms with Crippen LogP contribution in [0, 0.1) is 5.92 Å². The molecular formula is C7H12F3NO2. The molecule has 0 saturated heterocycles. The Labute approximate surface area is 74.0 Å². The van der Waals surface area contributed by atoms with E-state index in [-0.39, 0.29) is 0 Å². The summed E-state index contributed by atoms with van der Waals surface area (Å²) in [7, 11) is 1.08. The third-order valence-electron chi connectivity index (χ3n) is 1.67. The predicted octanol–water partition coefficient (Wildman–Crippen LogP) is 1.08. The maximum atomic E-state index is 12.0. The van der Waals surface area contributed by atoms with Crippen LogP contribution in [0.5, 0.6) is 0 Å². The van der Waals surface area contributed by atoms with E-state index in [2.05, 4.69) is 4.74 Å². The van der Waals surface area contributed by atoms with Crippen molar-refractivity contribution in [2.24, 2.45) is 11.7 Å². The number of carbonyl (C=O) groups excluding carboxylic acids is 1. The molecule has 0 bridgehead atoms. The zero-order valence-electron chi connectivity index (χ0n) is 7.39. The summed E-state index contributed by atoms with van der Waals surface area (Å²) < 4.78 is 40.1. The van der Waals surface area contributed by atoms with E-state index >= 15 is 0 Å². The first kappa shape index (κ1) is 12.2. The number of ether oxygens (including phenoxy) is 1. The van der Waals surface area contributed by atoms with Crippen molar-refractivity contribution in [1.82, 2.24) is 0 Å². The Bertz CT molecular complexity index is 181. The Morgan fingerprint density at radius 1 is 1.54 bits per heavy atom. The molecule has 0 heterocycles. The molecule has 2 atom stereocenters. The molecule has 0 saturated carbocycles. The predicted molar refractivity (Wildman–Crippen MR) is 39.8 cm³/mol. The maximum Gasteiger partial charge on any atom is 0.391 e. The minimum Gasteiger partial charge on any atom is -0.468 e. The highest BCUT2D eigenvalue weighted by Gasteiger charge is 2.37. The number of methoxy groups -OCH3 is 1. The Morgan fingerprint density at radius 3 is 2.31 bits per heavy atom. The molecule has 0 spiro atoms. The van der Waals surface area contributed by atoms with E-state index in [1.165, 1.54) is 0 Å². The van der Waals surface area contributed by atoms with Crippen molar-refractivity contribution in [2.75, 3.05) is 7.11 Å². The van der Waals surface area contributed by atoms with Gasteiger partial charge in [-0.1, -0.05) is 6.92 Å². The SMILES string of the molecule is COC(=O)[C@@H](N)CC(C)C(F)(F)F. The molecular weight excluding hydrogens is 187 g/mol. The van der Waals surface area contributed by atoms with Crippen LogP contribution >= 0.6 is 0 Å². The van der Waals surface area contributed by atoms with Crippen molar-refractivity contribution in [3.05, 3.63) is 0 Å². The molecule has 0 fully saturated rings. The summed E-state index contributed by atoms with van der Waals surface area (Å²) in [5, 5.41) is 0. The summed E-state index contributed by atoms with van der Waals surface area (Å²) in [5.41, 5.74) is 5.15. The lowest BCUT2D eigenvalue weighted by molar-refractivity contribution is -0.174. The van der Waals surface area contributed by atoms with Crippen LogP contribution in [0.4, 0.5) is 13.2 Å². The average Bonchev–Trinajstić information content (AvgIpc) is 2.01. The van der Waals surface area contributed by atoms with Gasteiger partial charge >= 0.3 is 12.1 Å². The number of alkyl halides is 3. The molecule has 0 aromatic heterocycles. The van der Waals surface area contributed by atoms with E-state index in [0.29, 0.717) is 0 Å². The lowest BCUT2D eigenvalue weighted by Gasteiger charge is -2.18. The summed E-state index contributed by atoms with van der Waals surface area (Å²) in [5.74, 6) is -2.42. The number of rotatable bonds is 3. The second kappa shape index (κ2) is 4.45. The second-order valence-corrected chi connectivity index (χ2v) is 2.81. The zero-order valence-corrected chi connectivity index (χ0v) is 7.39. The number of nitrogens with two attached hydrogens (primary N) is 1. The average molecular weight is 199 g/mol. The van der Waals surface area contributed by atoms with Crippen LogP contribution in [0.1, 0.15) is 13.3 Å².